The highest BCUT2D eigenvalue weighted by molar-refractivity contribution is 5.92. The summed E-state index contributed by atoms with van der Waals surface area (Å²) >= 11 is 0. The van der Waals surface area contributed by atoms with E-state index in [9.17, 15) is 4.79 Å². The van der Waals surface area contributed by atoms with Crippen LogP contribution in [0.5, 0.6) is 5.75 Å². The third kappa shape index (κ3) is 4.67. The first-order chi connectivity index (χ1) is 9.19. The molecule has 1 unspecified atom stereocenters. The van der Waals surface area contributed by atoms with Crippen LogP contribution in [0.25, 0.3) is 0 Å². The SMILES string of the molecule is COc1cccc(NC(=O)CN(C)C2CCNC2)c1.Cl. The van der Waals surface area contributed by atoms with Gasteiger partial charge in [-0.2, -0.15) is 0 Å². The van der Waals surface area contributed by atoms with Crippen molar-refractivity contribution >= 4 is 24.0 Å². The third-order valence-corrected chi connectivity index (χ3v) is 3.40. The van der Waals surface area contributed by atoms with Gasteiger partial charge in [0.15, 0.2) is 0 Å². The summed E-state index contributed by atoms with van der Waals surface area (Å²) in [5.41, 5.74) is 0.766. The molecule has 0 aromatic heterocycles. The number of nitrogens with zero attached hydrogens (tertiary/aromatic N) is 1. The molecule has 1 fully saturated rings. The van der Waals surface area contributed by atoms with Crippen molar-refractivity contribution in [3.8, 4) is 5.75 Å². The number of hydrogen-bond acceptors (Lipinski definition) is 4. The van der Waals surface area contributed by atoms with Crippen molar-refractivity contribution in [1.29, 1.82) is 0 Å². The number of amides is 1. The highest BCUT2D eigenvalue weighted by atomic mass is 35.5. The minimum Gasteiger partial charge on any atom is -0.497 e. The molecule has 2 N–H and O–H groups in total. The van der Waals surface area contributed by atoms with Crippen LogP contribution < -0.4 is 15.4 Å². The van der Waals surface area contributed by atoms with Crippen LogP contribution in [0.1, 0.15) is 6.42 Å². The van der Waals surface area contributed by atoms with Crippen LogP contribution in [-0.4, -0.2) is 50.6 Å². The van der Waals surface area contributed by atoms with Crippen LogP contribution in [0.3, 0.4) is 0 Å². The van der Waals surface area contributed by atoms with E-state index in [0.29, 0.717) is 12.6 Å². The van der Waals surface area contributed by atoms with Crippen molar-refractivity contribution in [2.24, 2.45) is 0 Å². The summed E-state index contributed by atoms with van der Waals surface area (Å²) in [6.45, 7) is 2.40. The Morgan fingerprint density at radius 2 is 2.35 bits per heavy atom. The molecule has 0 spiro atoms. The summed E-state index contributed by atoms with van der Waals surface area (Å²) in [4.78, 5) is 14.1. The van der Waals surface area contributed by atoms with E-state index in [1.165, 1.54) is 0 Å². The second kappa shape index (κ2) is 8.09. The van der Waals surface area contributed by atoms with Gasteiger partial charge in [0.25, 0.3) is 0 Å². The highest BCUT2D eigenvalue weighted by Gasteiger charge is 2.20. The molecule has 1 heterocycles. The van der Waals surface area contributed by atoms with Crippen molar-refractivity contribution in [2.75, 3.05) is 39.1 Å². The Labute approximate surface area is 126 Å². The number of methoxy groups -OCH3 is 1. The van der Waals surface area contributed by atoms with Crippen molar-refractivity contribution in [3.63, 3.8) is 0 Å². The maximum Gasteiger partial charge on any atom is 0.238 e. The summed E-state index contributed by atoms with van der Waals surface area (Å²) in [5.74, 6) is 0.744. The van der Waals surface area contributed by atoms with Gasteiger partial charge >= 0.3 is 0 Å². The largest absolute Gasteiger partial charge is 0.497 e. The van der Waals surface area contributed by atoms with Gasteiger partial charge in [-0.1, -0.05) is 6.07 Å². The topological polar surface area (TPSA) is 53.6 Å². The predicted octanol–water partition coefficient (Wildman–Crippen LogP) is 1.35. The predicted molar refractivity (Wildman–Crippen MR) is 82.8 cm³/mol. The van der Waals surface area contributed by atoms with Crippen LogP contribution >= 0.6 is 12.4 Å². The van der Waals surface area contributed by atoms with E-state index < -0.39 is 0 Å². The Morgan fingerprint density at radius 1 is 1.55 bits per heavy atom. The van der Waals surface area contributed by atoms with Crippen molar-refractivity contribution in [3.05, 3.63) is 24.3 Å². The molecule has 0 bridgehead atoms. The molecule has 6 heteroatoms. The first-order valence-electron chi connectivity index (χ1n) is 6.54. The molecular formula is C14H22ClN3O2. The molecule has 1 amide bonds. The number of carbonyl (C=O) groups is 1. The Bertz CT molecular complexity index is 436. The van der Waals surface area contributed by atoms with Crippen LogP contribution in [0.2, 0.25) is 0 Å². The van der Waals surface area contributed by atoms with E-state index in [1.807, 2.05) is 31.3 Å². The fraction of sp³-hybridized carbons (Fsp3) is 0.500. The zero-order valence-corrected chi connectivity index (χ0v) is 12.7. The zero-order chi connectivity index (χ0) is 13.7. The van der Waals surface area contributed by atoms with Gasteiger partial charge in [-0.05, 0) is 32.1 Å². The molecule has 112 valence electrons. The van der Waals surface area contributed by atoms with Crippen LogP contribution in [0.4, 0.5) is 5.69 Å². The summed E-state index contributed by atoms with van der Waals surface area (Å²) in [5, 5.41) is 6.19. The quantitative estimate of drug-likeness (QED) is 0.862. The highest BCUT2D eigenvalue weighted by Crippen LogP contribution is 2.16. The normalized spacial score (nSPS) is 17.6. The lowest BCUT2D eigenvalue weighted by Gasteiger charge is -2.22. The third-order valence-electron chi connectivity index (χ3n) is 3.40. The first-order valence-corrected chi connectivity index (χ1v) is 6.54. The molecule has 20 heavy (non-hydrogen) atoms. The summed E-state index contributed by atoms with van der Waals surface area (Å²) in [6.07, 6.45) is 1.10. The van der Waals surface area contributed by atoms with E-state index in [2.05, 4.69) is 15.5 Å². The second-order valence-corrected chi connectivity index (χ2v) is 4.84. The molecule has 1 aromatic rings. The number of carbonyl (C=O) groups excluding carboxylic acids is 1. The number of nitrogens with one attached hydrogen (secondary N) is 2. The van der Waals surface area contributed by atoms with Gasteiger partial charge in [-0.15, -0.1) is 12.4 Å². The molecule has 0 aliphatic carbocycles. The van der Waals surface area contributed by atoms with E-state index in [0.717, 1.165) is 30.9 Å². The van der Waals surface area contributed by atoms with Gasteiger partial charge in [0, 0.05) is 24.3 Å². The lowest BCUT2D eigenvalue weighted by Crippen LogP contribution is -2.39. The molecule has 0 radical (unpaired) electrons. The van der Waals surface area contributed by atoms with E-state index in [4.69, 9.17) is 4.74 Å². The molecular weight excluding hydrogens is 278 g/mol. The van der Waals surface area contributed by atoms with Crippen LogP contribution in [-0.2, 0) is 4.79 Å². The van der Waals surface area contributed by atoms with Crippen molar-refractivity contribution < 1.29 is 9.53 Å². The molecule has 5 nitrogen and oxygen atoms in total. The number of hydrogen-bond donors (Lipinski definition) is 2. The summed E-state index contributed by atoms with van der Waals surface area (Å²) in [7, 11) is 3.60. The number of halogens is 1. The van der Waals surface area contributed by atoms with E-state index in [-0.39, 0.29) is 18.3 Å². The average molecular weight is 300 g/mol. The minimum absolute atomic E-state index is 0. The van der Waals surface area contributed by atoms with Gasteiger partial charge in [0.2, 0.25) is 5.91 Å². The van der Waals surface area contributed by atoms with Gasteiger partial charge in [0.1, 0.15) is 5.75 Å². The molecule has 0 saturated carbocycles. The van der Waals surface area contributed by atoms with Gasteiger partial charge in [-0.25, -0.2) is 0 Å². The molecule has 1 aliphatic rings. The Kier molecular flexibility index (Phi) is 6.78. The van der Waals surface area contributed by atoms with Crippen LogP contribution in [0, 0.1) is 0 Å². The number of ether oxygens (including phenoxy) is 1. The van der Waals surface area contributed by atoms with E-state index in [1.54, 1.807) is 7.11 Å². The zero-order valence-electron chi connectivity index (χ0n) is 11.9. The second-order valence-electron chi connectivity index (χ2n) is 4.84. The maximum atomic E-state index is 12.0. The molecule has 1 aromatic carbocycles. The fourth-order valence-corrected chi connectivity index (χ4v) is 2.27. The minimum atomic E-state index is 0. The molecule has 1 saturated heterocycles. The number of anilines is 1. The van der Waals surface area contributed by atoms with E-state index >= 15 is 0 Å². The molecule has 1 aliphatic heterocycles. The monoisotopic (exact) mass is 299 g/mol. The number of likely N-dealkylation sites (N-methyl/N-ethyl adjacent to an activating group) is 1. The van der Waals surface area contributed by atoms with Crippen molar-refractivity contribution in [1.82, 2.24) is 10.2 Å². The fourth-order valence-electron chi connectivity index (χ4n) is 2.27. The van der Waals surface area contributed by atoms with Gasteiger partial charge in [-0.3, -0.25) is 9.69 Å². The summed E-state index contributed by atoms with van der Waals surface area (Å²) in [6, 6.07) is 7.84. The van der Waals surface area contributed by atoms with Crippen molar-refractivity contribution in [2.45, 2.75) is 12.5 Å². The molecule has 1 atom stereocenters. The lowest BCUT2D eigenvalue weighted by molar-refractivity contribution is -0.117. The lowest BCUT2D eigenvalue weighted by atomic mass is 10.2. The summed E-state index contributed by atoms with van der Waals surface area (Å²) < 4.78 is 5.13. The number of rotatable bonds is 5. The van der Waals surface area contributed by atoms with Gasteiger partial charge in [0.05, 0.1) is 13.7 Å². The smallest absolute Gasteiger partial charge is 0.238 e. The van der Waals surface area contributed by atoms with Gasteiger partial charge < -0.3 is 15.4 Å². The Hall–Kier alpha value is -1.30. The maximum absolute atomic E-state index is 12.0. The average Bonchev–Trinajstić information content (AvgIpc) is 2.92. The Morgan fingerprint density at radius 3 is 3.00 bits per heavy atom. The number of benzene rings is 1. The Balaban J connectivity index is 0.00000200. The molecule has 2 rings (SSSR count). The first kappa shape index (κ1) is 16.8. The van der Waals surface area contributed by atoms with Crippen LogP contribution in [0.15, 0.2) is 24.3 Å². The standard InChI is InChI=1S/C14H21N3O2.ClH/c1-17(12-6-7-15-9-12)10-14(18)16-11-4-3-5-13(8-11)19-2;/h3-5,8,12,15H,6-7,9-10H2,1-2H3,(H,16,18);1H.